The van der Waals surface area contributed by atoms with Crippen molar-refractivity contribution in [3.8, 4) is 0 Å². The van der Waals surface area contributed by atoms with Crippen molar-refractivity contribution in [2.75, 3.05) is 13.1 Å². The molecule has 0 N–H and O–H groups in total. The molecule has 1 aromatic heterocycles. The van der Waals surface area contributed by atoms with E-state index >= 15 is 0 Å². The molecule has 1 aliphatic heterocycles. The van der Waals surface area contributed by atoms with E-state index in [4.69, 9.17) is 0 Å². The molecule has 2 aromatic carbocycles. The Hall–Kier alpha value is -2.55. The monoisotopic (exact) mass is 358 g/mol. The van der Waals surface area contributed by atoms with E-state index in [0.717, 1.165) is 32.4 Å². The maximum absolute atomic E-state index is 12.6. The number of nitrogens with zero attached hydrogens (tertiary/aromatic N) is 2. The number of likely N-dealkylation sites (tertiary alicyclic amines) is 1. The molecule has 2 heterocycles. The predicted octanol–water partition coefficient (Wildman–Crippen LogP) is 4.56. The normalized spacial score (nSPS) is 15.4. The largest absolute Gasteiger partial charge is 0.350 e. The quantitative estimate of drug-likeness (QED) is 0.656. The molecular formula is C24H26N2O. The number of carbonyl (C=O) groups is 1. The van der Waals surface area contributed by atoms with Crippen LogP contribution in [0.1, 0.15) is 30.4 Å². The number of fused-ring (bicyclic) bond motifs is 1. The molecule has 0 saturated carbocycles. The lowest BCUT2D eigenvalue weighted by Crippen LogP contribution is -2.38. The van der Waals surface area contributed by atoms with Crippen molar-refractivity contribution in [1.29, 1.82) is 0 Å². The van der Waals surface area contributed by atoms with Crippen LogP contribution >= 0.6 is 0 Å². The number of aryl methyl sites for hydroxylation is 2. The Labute approximate surface area is 161 Å². The molecule has 0 atom stereocenters. The average molecular weight is 358 g/mol. The van der Waals surface area contributed by atoms with Gasteiger partial charge in [0.05, 0.1) is 0 Å². The summed E-state index contributed by atoms with van der Waals surface area (Å²) in [5.74, 6) is 1.63. The van der Waals surface area contributed by atoms with Gasteiger partial charge in [0.25, 0.3) is 0 Å². The SMILES string of the molecule is Cn1cc(CCCC(=O)N2C[CH][C](c3ccccc3)CC2)c2ccccc21. The molecule has 0 unspecified atom stereocenters. The van der Waals surface area contributed by atoms with Crippen molar-refractivity contribution in [3.63, 3.8) is 0 Å². The lowest BCUT2D eigenvalue weighted by molar-refractivity contribution is -0.131. The van der Waals surface area contributed by atoms with E-state index in [0.29, 0.717) is 6.42 Å². The standard InChI is InChI=1S/C24H26N2O/c1-25-18-21(22-11-5-6-12-23(22)25)10-7-13-24(27)26-16-14-20(15-17-26)19-8-3-2-4-9-19/h2-6,8-9,11-12,14,18H,7,10,13,15-17H2,1H3. The number of hydrogen-bond acceptors (Lipinski definition) is 1. The molecule has 3 nitrogen and oxygen atoms in total. The molecule has 27 heavy (non-hydrogen) atoms. The summed E-state index contributed by atoms with van der Waals surface area (Å²) < 4.78 is 2.17. The van der Waals surface area contributed by atoms with Gasteiger partial charge in [0.15, 0.2) is 0 Å². The lowest BCUT2D eigenvalue weighted by atomic mass is 9.89. The zero-order chi connectivity index (χ0) is 18.6. The van der Waals surface area contributed by atoms with Crippen LogP contribution in [0.3, 0.4) is 0 Å². The summed E-state index contributed by atoms with van der Waals surface area (Å²) in [5, 5.41) is 1.31. The smallest absolute Gasteiger partial charge is 0.222 e. The summed E-state index contributed by atoms with van der Waals surface area (Å²) >= 11 is 0. The summed E-state index contributed by atoms with van der Waals surface area (Å²) in [5.41, 5.74) is 3.87. The van der Waals surface area contributed by atoms with Gasteiger partial charge in [-0.1, -0.05) is 48.5 Å². The van der Waals surface area contributed by atoms with Crippen LogP contribution in [0, 0.1) is 12.3 Å². The zero-order valence-corrected chi connectivity index (χ0v) is 15.9. The summed E-state index contributed by atoms with van der Waals surface area (Å²) in [6.45, 7) is 1.56. The van der Waals surface area contributed by atoms with E-state index in [1.807, 2.05) is 11.0 Å². The summed E-state index contributed by atoms with van der Waals surface area (Å²) in [6, 6.07) is 19.0. The Morgan fingerprint density at radius 2 is 1.81 bits per heavy atom. The van der Waals surface area contributed by atoms with Gasteiger partial charge in [-0.25, -0.2) is 0 Å². The van der Waals surface area contributed by atoms with E-state index in [1.165, 1.54) is 27.9 Å². The number of benzene rings is 2. The fraction of sp³-hybridized carbons (Fsp3) is 0.292. The third kappa shape index (κ3) is 3.92. The van der Waals surface area contributed by atoms with Crippen LogP contribution in [0.2, 0.25) is 0 Å². The Bertz CT molecular complexity index is 905. The van der Waals surface area contributed by atoms with Crippen LogP contribution in [-0.4, -0.2) is 28.5 Å². The highest BCUT2D eigenvalue weighted by Gasteiger charge is 2.24. The first-order chi connectivity index (χ1) is 13.2. The fourth-order valence-electron chi connectivity index (χ4n) is 4.02. The van der Waals surface area contributed by atoms with E-state index in [2.05, 4.69) is 72.8 Å². The van der Waals surface area contributed by atoms with Crippen LogP contribution in [0.15, 0.2) is 60.8 Å². The minimum Gasteiger partial charge on any atom is -0.350 e. The molecule has 0 bridgehead atoms. The van der Waals surface area contributed by atoms with Gasteiger partial charge in [-0.05, 0) is 42.9 Å². The Morgan fingerprint density at radius 1 is 1.04 bits per heavy atom. The molecule has 3 aromatic rings. The van der Waals surface area contributed by atoms with E-state index in [1.54, 1.807) is 0 Å². The third-order valence-electron chi connectivity index (χ3n) is 5.52. The highest BCUT2D eigenvalue weighted by Crippen LogP contribution is 2.27. The van der Waals surface area contributed by atoms with Crippen molar-refractivity contribution >= 4 is 16.8 Å². The minimum atomic E-state index is 0.276. The average Bonchev–Trinajstić information content (AvgIpc) is 3.05. The number of carbonyl (C=O) groups excluding carboxylic acids is 1. The number of para-hydroxylation sites is 1. The second kappa shape index (κ2) is 7.99. The van der Waals surface area contributed by atoms with Crippen molar-refractivity contribution in [1.82, 2.24) is 9.47 Å². The lowest BCUT2D eigenvalue weighted by Gasteiger charge is -2.31. The number of aromatic nitrogens is 1. The molecule has 1 amide bonds. The van der Waals surface area contributed by atoms with Gasteiger partial charge >= 0.3 is 0 Å². The maximum Gasteiger partial charge on any atom is 0.222 e. The minimum absolute atomic E-state index is 0.276. The molecule has 0 spiro atoms. The highest BCUT2D eigenvalue weighted by atomic mass is 16.2. The molecule has 1 saturated heterocycles. The van der Waals surface area contributed by atoms with Crippen molar-refractivity contribution in [3.05, 3.63) is 84.3 Å². The second-order valence-corrected chi connectivity index (χ2v) is 7.32. The molecule has 4 rings (SSSR count). The number of piperidine rings is 1. The Kier molecular flexibility index (Phi) is 5.28. The van der Waals surface area contributed by atoms with Gasteiger partial charge in [-0.2, -0.15) is 0 Å². The topological polar surface area (TPSA) is 25.2 Å². The van der Waals surface area contributed by atoms with Gasteiger partial charge in [-0.15, -0.1) is 0 Å². The van der Waals surface area contributed by atoms with Gasteiger partial charge in [0, 0.05) is 49.6 Å². The zero-order valence-electron chi connectivity index (χ0n) is 15.9. The van der Waals surface area contributed by atoms with Crippen LogP contribution in [0.25, 0.3) is 10.9 Å². The van der Waals surface area contributed by atoms with Crippen LogP contribution in [-0.2, 0) is 18.3 Å². The van der Waals surface area contributed by atoms with Crippen molar-refractivity contribution in [2.45, 2.75) is 25.7 Å². The Balaban J connectivity index is 1.28. The molecular weight excluding hydrogens is 332 g/mol. The highest BCUT2D eigenvalue weighted by molar-refractivity contribution is 5.84. The first-order valence-corrected chi connectivity index (χ1v) is 9.77. The van der Waals surface area contributed by atoms with Gasteiger partial charge in [-0.3, -0.25) is 4.79 Å². The van der Waals surface area contributed by atoms with Gasteiger partial charge in [0.2, 0.25) is 5.91 Å². The molecule has 0 aliphatic carbocycles. The van der Waals surface area contributed by atoms with Crippen LogP contribution in [0.5, 0.6) is 0 Å². The summed E-state index contributed by atoms with van der Waals surface area (Å²) in [7, 11) is 2.08. The van der Waals surface area contributed by atoms with Crippen LogP contribution < -0.4 is 0 Å². The predicted molar refractivity (Wildman–Crippen MR) is 110 cm³/mol. The molecule has 3 heteroatoms. The maximum atomic E-state index is 12.6. The van der Waals surface area contributed by atoms with Crippen LogP contribution in [0.4, 0.5) is 0 Å². The van der Waals surface area contributed by atoms with Crippen molar-refractivity contribution in [2.24, 2.45) is 7.05 Å². The van der Waals surface area contributed by atoms with Crippen molar-refractivity contribution < 1.29 is 4.79 Å². The fourth-order valence-corrected chi connectivity index (χ4v) is 4.02. The first kappa shape index (κ1) is 17.8. The number of hydrogen-bond donors (Lipinski definition) is 0. The summed E-state index contributed by atoms with van der Waals surface area (Å²) in [6.07, 6.45) is 7.83. The molecule has 1 fully saturated rings. The molecule has 1 aliphatic rings. The molecule has 138 valence electrons. The third-order valence-corrected chi connectivity index (χ3v) is 5.52. The second-order valence-electron chi connectivity index (χ2n) is 7.32. The number of rotatable bonds is 5. The van der Waals surface area contributed by atoms with Gasteiger partial charge < -0.3 is 9.47 Å². The van der Waals surface area contributed by atoms with Gasteiger partial charge in [0.1, 0.15) is 0 Å². The van der Waals surface area contributed by atoms with E-state index < -0.39 is 0 Å². The Morgan fingerprint density at radius 3 is 2.59 bits per heavy atom. The number of amides is 1. The first-order valence-electron chi connectivity index (χ1n) is 9.77. The summed E-state index contributed by atoms with van der Waals surface area (Å²) in [4.78, 5) is 14.6. The van der Waals surface area contributed by atoms with E-state index in [-0.39, 0.29) is 5.91 Å². The van der Waals surface area contributed by atoms with E-state index in [9.17, 15) is 4.79 Å². The molecule has 2 radical (unpaired) electrons.